The fraction of sp³-hybridized carbons (Fsp3) is 0.467. The third kappa shape index (κ3) is 4.66. The number of ether oxygens (including phenoxy) is 2. The molecule has 1 amide bonds. The summed E-state index contributed by atoms with van der Waals surface area (Å²) in [4.78, 5) is 23.5. The maximum absolute atomic E-state index is 11.8. The number of methoxy groups -OCH3 is 1. The van der Waals surface area contributed by atoms with E-state index in [1.807, 2.05) is 0 Å². The number of rotatable bonds is 3. The topological polar surface area (TPSA) is 84.9 Å². The van der Waals surface area contributed by atoms with Crippen LogP contribution in [0.3, 0.4) is 0 Å². The van der Waals surface area contributed by atoms with Crippen LogP contribution in [-0.4, -0.2) is 29.9 Å². The van der Waals surface area contributed by atoms with Gasteiger partial charge in [-0.3, -0.25) is 10.1 Å². The number of esters is 1. The average molecular weight is 295 g/mol. The van der Waals surface area contributed by atoms with Gasteiger partial charge in [-0.1, -0.05) is 12.1 Å². The van der Waals surface area contributed by atoms with Gasteiger partial charge in [0.05, 0.1) is 18.7 Å². The SMILES string of the molecule is COC(=O)C(C)c1cccc(O)c1NC(=O)OC(C)(C)C. The van der Waals surface area contributed by atoms with E-state index in [9.17, 15) is 14.7 Å². The molecule has 1 aromatic rings. The van der Waals surface area contributed by atoms with E-state index in [-0.39, 0.29) is 11.4 Å². The predicted octanol–water partition coefficient (Wildman–Crippen LogP) is 3.02. The predicted molar refractivity (Wildman–Crippen MR) is 78.4 cm³/mol. The van der Waals surface area contributed by atoms with Crippen LogP contribution in [0.2, 0.25) is 0 Å². The monoisotopic (exact) mass is 295 g/mol. The fourth-order valence-corrected chi connectivity index (χ4v) is 1.76. The summed E-state index contributed by atoms with van der Waals surface area (Å²) >= 11 is 0. The van der Waals surface area contributed by atoms with Crippen LogP contribution in [0.25, 0.3) is 0 Å². The second kappa shape index (κ2) is 6.47. The van der Waals surface area contributed by atoms with Gasteiger partial charge < -0.3 is 14.6 Å². The Labute approximate surface area is 124 Å². The van der Waals surface area contributed by atoms with Gasteiger partial charge >= 0.3 is 12.1 Å². The van der Waals surface area contributed by atoms with Crippen LogP contribution in [0.5, 0.6) is 5.75 Å². The Bertz CT molecular complexity index is 533. The van der Waals surface area contributed by atoms with Crippen molar-refractivity contribution in [2.24, 2.45) is 0 Å². The van der Waals surface area contributed by atoms with E-state index < -0.39 is 23.6 Å². The highest BCUT2D eigenvalue weighted by atomic mass is 16.6. The minimum Gasteiger partial charge on any atom is -0.506 e. The molecule has 0 saturated heterocycles. The van der Waals surface area contributed by atoms with Gasteiger partial charge in [-0.25, -0.2) is 4.79 Å². The fourth-order valence-electron chi connectivity index (χ4n) is 1.76. The molecule has 6 heteroatoms. The molecule has 1 rings (SSSR count). The number of phenols is 1. The Morgan fingerprint density at radius 2 is 1.90 bits per heavy atom. The number of para-hydroxylation sites is 1. The second-order valence-corrected chi connectivity index (χ2v) is 5.61. The number of amides is 1. The molecule has 1 unspecified atom stereocenters. The lowest BCUT2D eigenvalue weighted by Gasteiger charge is -2.21. The molecule has 1 atom stereocenters. The maximum atomic E-state index is 11.8. The van der Waals surface area contributed by atoms with Crippen molar-refractivity contribution >= 4 is 17.7 Å². The van der Waals surface area contributed by atoms with E-state index in [1.54, 1.807) is 39.8 Å². The minimum absolute atomic E-state index is 0.143. The molecule has 0 aliphatic carbocycles. The number of anilines is 1. The summed E-state index contributed by atoms with van der Waals surface area (Å²) in [5.74, 6) is -1.24. The molecular weight excluding hydrogens is 274 g/mol. The molecule has 0 fully saturated rings. The molecule has 6 nitrogen and oxygen atoms in total. The standard InChI is InChI=1S/C15H21NO5/c1-9(13(18)20-5)10-7-6-8-11(17)12(10)16-14(19)21-15(2,3)4/h6-9,17H,1-5H3,(H,16,19). The summed E-state index contributed by atoms with van der Waals surface area (Å²) < 4.78 is 9.82. The van der Waals surface area contributed by atoms with E-state index in [0.29, 0.717) is 5.56 Å². The van der Waals surface area contributed by atoms with E-state index in [4.69, 9.17) is 4.74 Å². The molecule has 0 saturated carbocycles. The van der Waals surface area contributed by atoms with E-state index >= 15 is 0 Å². The summed E-state index contributed by atoms with van der Waals surface area (Å²) in [5, 5.41) is 12.4. The Balaban J connectivity index is 3.06. The van der Waals surface area contributed by atoms with Crippen molar-refractivity contribution in [3.63, 3.8) is 0 Å². The first-order chi connectivity index (χ1) is 9.65. The van der Waals surface area contributed by atoms with Gasteiger partial charge in [0.15, 0.2) is 0 Å². The number of carbonyl (C=O) groups excluding carboxylic acids is 2. The highest BCUT2D eigenvalue weighted by molar-refractivity contribution is 5.90. The van der Waals surface area contributed by atoms with Crippen LogP contribution >= 0.6 is 0 Å². The van der Waals surface area contributed by atoms with Crippen molar-refractivity contribution < 1.29 is 24.2 Å². The molecular formula is C15H21NO5. The zero-order chi connectivity index (χ0) is 16.2. The summed E-state index contributed by atoms with van der Waals surface area (Å²) in [6.45, 7) is 6.82. The highest BCUT2D eigenvalue weighted by Gasteiger charge is 2.24. The first-order valence-corrected chi connectivity index (χ1v) is 6.55. The normalized spacial score (nSPS) is 12.4. The quantitative estimate of drug-likeness (QED) is 0.661. The molecule has 0 aliphatic heterocycles. The average Bonchev–Trinajstić information content (AvgIpc) is 2.37. The molecule has 0 spiro atoms. The molecule has 116 valence electrons. The van der Waals surface area contributed by atoms with Crippen molar-refractivity contribution in [1.29, 1.82) is 0 Å². The summed E-state index contributed by atoms with van der Waals surface area (Å²) in [6, 6.07) is 4.64. The van der Waals surface area contributed by atoms with Crippen molar-refractivity contribution in [2.45, 2.75) is 39.2 Å². The van der Waals surface area contributed by atoms with E-state index in [1.165, 1.54) is 13.2 Å². The van der Waals surface area contributed by atoms with E-state index in [0.717, 1.165) is 0 Å². The Morgan fingerprint density at radius 1 is 1.29 bits per heavy atom. The van der Waals surface area contributed by atoms with Crippen LogP contribution in [0.4, 0.5) is 10.5 Å². The molecule has 2 N–H and O–H groups in total. The third-order valence-corrected chi connectivity index (χ3v) is 2.72. The van der Waals surface area contributed by atoms with Crippen LogP contribution in [0.15, 0.2) is 18.2 Å². The Hall–Kier alpha value is -2.24. The number of phenolic OH excluding ortho intramolecular Hbond substituents is 1. The van der Waals surface area contributed by atoms with Crippen LogP contribution < -0.4 is 5.32 Å². The lowest BCUT2D eigenvalue weighted by Crippen LogP contribution is -2.28. The van der Waals surface area contributed by atoms with Gasteiger partial charge in [-0.05, 0) is 39.3 Å². The minimum atomic E-state index is -0.706. The highest BCUT2D eigenvalue weighted by Crippen LogP contribution is 2.33. The van der Waals surface area contributed by atoms with E-state index in [2.05, 4.69) is 10.1 Å². The lowest BCUT2D eigenvalue weighted by atomic mass is 9.99. The second-order valence-electron chi connectivity index (χ2n) is 5.61. The zero-order valence-corrected chi connectivity index (χ0v) is 12.9. The summed E-state index contributed by atoms with van der Waals surface area (Å²) in [7, 11) is 1.28. The number of hydrogen-bond acceptors (Lipinski definition) is 5. The number of nitrogens with one attached hydrogen (secondary N) is 1. The molecule has 0 radical (unpaired) electrons. The Morgan fingerprint density at radius 3 is 2.43 bits per heavy atom. The van der Waals surface area contributed by atoms with Gasteiger partial charge in [0.1, 0.15) is 11.4 Å². The molecule has 1 aromatic carbocycles. The van der Waals surface area contributed by atoms with Crippen LogP contribution in [0.1, 0.15) is 39.2 Å². The molecule has 0 heterocycles. The van der Waals surface area contributed by atoms with Gasteiger partial charge in [0, 0.05) is 0 Å². The Kier molecular flexibility index (Phi) is 5.18. The number of hydrogen-bond donors (Lipinski definition) is 2. The van der Waals surface area contributed by atoms with Crippen molar-refractivity contribution in [3.8, 4) is 5.75 Å². The number of aromatic hydroxyl groups is 1. The van der Waals surface area contributed by atoms with Gasteiger partial charge in [0.2, 0.25) is 0 Å². The molecule has 0 aliphatic rings. The smallest absolute Gasteiger partial charge is 0.412 e. The maximum Gasteiger partial charge on any atom is 0.412 e. The molecule has 21 heavy (non-hydrogen) atoms. The lowest BCUT2D eigenvalue weighted by molar-refractivity contribution is -0.141. The summed E-state index contributed by atoms with van der Waals surface area (Å²) in [6.07, 6.45) is -0.706. The van der Waals surface area contributed by atoms with Gasteiger partial charge in [-0.2, -0.15) is 0 Å². The number of benzene rings is 1. The van der Waals surface area contributed by atoms with Crippen molar-refractivity contribution in [2.75, 3.05) is 12.4 Å². The zero-order valence-electron chi connectivity index (χ0n) is 12.9. The van der Waals surface area contributed by atoms with Gasteiger partial charge in [0.25, 0.3) is 0 Å². The first kappa shape index (κ1) is 16.8. The van der Waals surface area contributed by atoms with Crippen LogP contribution in [0, 0.1) is 0 Å². The molecule has 0 bridgehead atoms. The first-order valence-electron chi connectivity index (χ1n) is 6.55. The van der Waals surface area contributed by atoms with Crippen LogP contribution in [-0.2, 0) is 14.3 Å². The molecule has 0 aromatic heterocycles. The third-order valence-electron chi connectivity index (χ3n) is 2.72. The largest absolute Gasteiger partial charge is 0.506 e. The number of carbonyl (C=O) groups is 2. The van der Waals surface area contributed by atoms with Gasteiger partial charge in [-0.15, -0.1) is 0 Å². The van der Waals surface area contributed by atoms with Crippen molar-refractivity contribution in [1.82, 2.24) is 0 Å². The van der Waals surface area contributed by atoms with Crippen molar-refractivity contribution in [3.05, 3.63) is 23.8 Å². The summed E-state index contributed by atoms with van der Waals surface area (Å²) in [5.41, 5.74) is -0.0693.